The fraction of sp³-hybridized carbons (Fsp3) is 0.885. The molecule has 1 heterocycles. The first-order valence-corrected chi connectivity index (χ1v) is 12.3. The molecule has 4 aliphatic rings. The zero-order chi connectivity index (χ0) is 20.1. The predicted octanol–water partition coefficient (Wildman–Crippen LogP) is 6.71. The molecule has 0 spiro atoms. The van der Waals surface area contributed by atoms with Gasteiger partial charge in [-0.1, -0.05) is 60.0 Å². The maximum atomic E-state index is 13.3. The molecule has 4 rings (SSSR count). The molecule has 3 fully saturated rings. The van der Waals surface area contributed by atoms with E-state index in [9.17, 15) is 4.79 Å². The van der Waals surface area contributed by atoms with Crippen molar-refractivity contribution in [1.29, 1.82) is 0 Å². The highest BCUT2D eigenvalue weighted by Gasteiger charge is 2.61. The van der Waals surface area contributed by atoms with Crippen LogP contribution in [0.2, 0.25) is 0 Å². The van der Waals surface area contributed by atoms with Gasteiger partial charge in [-0.25, -0.2) is 0 Å². The molecule has 3 aliphatic carbocycles. The average Bonchev–Trinajstić information content (AvgIpc) is 2.99. The van der Waals surface area contributed by atoms with Gasteiger partial charge in [-0.05, 0) is 80.0 Å². The van der Waals surface area contributed by atoms with Gasteiger partial charge >= 0.3 is 0 Å². The van der Waals surface area contributed by atoms with Crippen molar-refractivity contribution in [3.63, 3.8) is 0 Å². The summed E-state index contributed by atoms with van der Waals surface area (Å²) in [6.07, 6.45) is 15.3. The Morgan fingerprint density at radius 2 is 1.86 bits per heavy atom. The van der Waals surface area contributed by atoms with Gasteiger partial charge < -0.3 is 5.32 Å². The summed E-state index contributed by atoms with van der Waals surface area (Å²) >= 11 is 0. The lowest BCUT2D eigenvalue weighted by Gasteiger charge is -2.57. The zero-order valence-corrected chi connectivity index (χ0v) is 19.0. The van der Waals surface area contributed by atoms with Crippen LogP contribution in [0, 0.1) is 46.3 Å². The van der Waals surface area contributed by atoms with E-state index in [1.54, 1.807) is 0 Å². The normalized spacial score (nSPS) is 43.6. The number of hydrogen-bond donors (Lipinski definition) is 1. The Hall–Kier alpha value is -0.790. The predicted molar refractivity (Wildman–Crippen MR) is 117 cm³/mol. The lowest BCUT2D eigenvalue weighted by Crippen LogP contribution is -2.59. The van der Waals surface area contributed by atoms with E-state index in [-0.39, 0.29) is 11.3 Å². The van der Waals surface area contributed by atoms with E-state index < -0.39 is 0 Å². The van der Waals surface area contributed by atoms with Crippen molar-refractivity contribution in [2.75, 3.05) is 0 Å². The van der Waals surface area contributed by atoms with Gasteiger partial charge in [0.25, 0.3) is 0 Å². The molecule has 2 nitrogen and oxygen atoms in total. The summed E-state index contributed by atoms with van der Waals surface area (Å²) in [7, 11) is 0. The monoisotopic (exact) mass is 385 g/mol. The first-order chi connectivity index (χ1) is 13.3. The number of hydrogen-bond acceptors (Lipinski definition) is 1. The Kier molecular flexibility index (Phi) is 5.47. The van der Waals surface area contributed by atoms with Crippen molar-refractivity contribution in [3.8, 4) is 0 Å². The van der Waals surface area contributed by atoms with Gasteiger partial charge in [0.1, 0.15) is 0 Å². The lowest BCUT2D eigenvalue weighted by atomic mass is 9.49. The van der Waals surface area contributed by atoms with E-state index in [1.807, 2.05) is 0 Å². The lowest BCUT2D eigenvalue weighted by molar-refractivity contribution is -0.144. The van der Waals surface area contributed by atoms with Crippen LogP contribution in [0.25, 0.3) is 0 Å². The average molecular weight is 386 g/mol. The second-order valence-corrected chi connectivity index (χ2v) is 11.7. The van der Waals surface area contributed by atoms with Gasteiger partial charge in [0.15, 0.2) is 0 Å². The van der Waals surface area contributed by atoms with Gasteiger partial charge in [-0.15, -0.1) is 0 Å². The zero-order valence-electron chi connectivity index (χ0n) is 19.0. The Labute approximate surface area is 173 Å². The standard InChI is InChI=1S/C26H43NO/c1-17(2)9-8-10-18(3)19-12-13-20-23-21(14-16-25(19,20)4)26(5)15-7-6-11-22(26)27-24(23)28/h11,17-21,23H,6-10,12-16H2,1-5H3,(H,27,28). The van der Waals surface area contributed by atoms with Crippen LogP contribution in [0.3, 0.4) is 0 Å². The number of rotatable bonds is 5. The molecule has 0 aromatic carbocycles. The molecule has 1 aliphatic heterocycles. The second-order valence-electron chi connectivity index (χ2n) is 11.7. The van der Waals surface area contributed by atoms with Gasteiger partial charge in [-0.2, -0.15) is 0 Å². The summed E-state index contributed by atoms with van der Waals surface area (Å²) < 4.78 is 0. The molecule has 1 saturated heterocycles. The highest BCUT2D eigenvalue weighted by atomic mass is 16.2. The molecule has 0 aromatic rings. The minimum atomic E-state index is 0.221. The molecule has 7 atom stereocenters. The van der Waals surface area contributed by atoms with E-state index in [1.165, 1.54) is 63.5 Å². The van der Waals surface area contributed by atoms with Gasteiger partial charge in [-0.3, -0.25) is 4.79 Å². The van der Waals surface area contributed by atoms with Crippen LogP contribution in [0.15, 0.2) is 11.8 Å². The number of carbonyl (C=O) groups excluding carboxylic acids is 1. The molecule has 0 aromatic heterocycles. The smallest absolute Gasteiger partial charge is 0.227 e. The third-order valence-corrected chi connectivity index (χ3v) is 9.71. The van der Waals surface area contributed by atoms with Crippen LogP contribution >= 0.6 is 0 Å². The van der Waals surface area contributed by atoms with E-state index >= 15 is 0 Å². The van der Waals surface area contributed by atoms with Gasteiger partial charge in [0.05, 0.1) is 0 Å². The highest BCUT2D eigenvalue weighted by Crippen LogP contribution is 2.65. The molecule has 2 saturated carbocycles. The van der Waals surface area contributed by atoms with E-state index in [0.29, 0.717) is 23.2 Å². The Balaban J connectivity index is 1.53. The summed E-state index contributed by atoms with van der Waals surface area (Å²) in [5, 5.41) is 3.40. The van der Waals surface area contributed by atoms with E-state index in [2.05, 4.69) is 46.0 Å². The molecule has 28 heavy (non-hydrogen) atoms. The fourth-order valence-corrected chi connectivity index (χ4v) is 8.12. The number of allylic oxidation sites excluding steroid dienone is 2. The van der Waals surface area contributed by atoms with E-state index in [0.717, 1.165) is 24.2 Å². The first-order valence-electron chi connectivity index (χ1n) is 12.3. The minimum Gasteiger partial charge on any atom is -0.329 e. The first kappa shape index (κ1) is 20.5. The molecule has 1 amide bonds. The maximum Gasteiger partial charge on any atom is 0.227 e. The fourth-order valence-electron chi connectivity index (χ4n) is 8.12. The van der Waals surface area contributed by atoms with Gasteiger partial charge in [0, 0.05) is 17.0 Å². The molecule has 2 heteroatoms. The summed E-state index contributed by atoms with van der Waals surface area (Å²) in [4.78, 5) is 13.3. The quantitative estimate of drug-likeness (QED) is 0.560. The van der Waals surface area contributed by atoms with Crippen LogP contribution in [0.1, 0.15) is 98.8 Å². The van der Waals surface area contributed by atoms with Crippen LogP contribution < -0.4 is 5.32 Å². The van der Waals surface area contributed by atoms with Crippen molar-refractivity contribution in [2.45, 2.75) is 98.8 Å². The number of carbonyl (C=O) groups is 1. The van der Waals surface area contributed by atoms with Crippen molar-refractivity contribution in [1.82, 2.24) is 5.32 Å². The number of piperidine rings is 1. The van der Waals surface area contributed by atoms with Crippen LogP contribution in [0.5, 0.6) is 0 Å². The number of nitrogens with one attached hydrogen (secondary N) is 1. The Bertz CT molecular complexity index is 636. The van der Waals surface area contributed by atoms with E-state index in [4.69, 9.17) is 0 Å². The summed E-state index contributed by atoms with van der Waals surface area (Å²) in [6.45, 7) is 12.2. The summed E-state index contributed by atoms with van der Waals surface area (Å²) in [6, 6.07) is 0. The molecule has 0 radical (unpaired) electrons. The number of fused-ring (bicyclic) bond motifs is 5. The van der Waals surface area contributed by atoms with Crippen LogP contribution in [0.4, 0.5) is 0 Å². The highest BCUT2D eigenvalue weighted by molar-refractivity contribution is 5.83. The van der Waals surface area contributed by atoms with Crippen molar-refractivity contribution < 1.29 is 4.79 Å². The molecular formula is C26H43NO. The van der Waals surface area contributed by atoms with Gasteiger partial charge in [0.2, 0.25) is 5.91 Å². The minimum absolute atomic E-state index is 0.221. The molecule has 7 unspecified atom stereocenters. The van der Waals surface area contributed by atoms with Crippen LogP contribution in [-0.4, -0.2) is 5.91 Å². The van der Waals surface area contributed by atoms with Crippen molar-refractivity contribution in [2.24, 2.45) is 46.3 Å². The topological polar surface area (TPSA) is 29.1 Å². The Morgan fingerprint density at radius 3 is 2.61 bits per heavy atom. The third-order valence-electron chi connectivity index (χ3n) is 9.71. The van der Waals surface area contributed by atoms with Crippen LogP contribution in [-0.2, 0) is 4.79 Å². The second kappa shape index (κ2) is 7.47. The molecular weight excluding hydrogens is 342 g/mol. The van der Waals surface area contributed by atoms with Crippen molar-refractivity contribution >= 4 is 5.91 Å². The maximum absolute atomic E-state index is 13.3. The summed E-state index contributed by atoms with van der Waals surface area (Å²) in [5.74, 6) is 4.22. The Morgan fingerprint density at radius 1 is 1.07 bits per heavy atom. The summed E-state index contributed by atoms with van der Waals surface area (Å²) in [5.41, 5.74) is 1.87. The number of amides is 1. The third kappa shape index (κ3) is 3.18. The molecule has 0 bridgehead atoms. The molecule has 158 valence electrons. The van der Waals surface area contributed by atoms with Crippen molar-refractivity contribution in [3.05, 3.63) is 11.8 Å². The molecule has 1 N–H and O–H groups in total. The largest absolute Gasteiger partial charge is 0.329 e. The SMILES string of the molecule is CC(C)CCCC(C)C1CCC2C3C(=O)NC4=CCCCC4(C)C3CCC12C.